The van der Waals surface area contributed by atoms with Gasteiger partial charge in [-0.25, -0.2) is 9.97 Å². The van der Waals surface area contributed by atoms with Crippen LogP contribution in [0.4, 0.5) is 0 Å². The van der Waals surface area contributed by atoms with Gasteiger partial charge < -0.3 is 0 Å². The van der Waals surface area contributed by atoms with Crippen molar-refractivity contribution in [3.05, 3.63) is 96.1 Å². The SMILES string of the molecule is Clc1nc(-c2ccccc2)c(-c2ccccc2)nc1-c1ccccc1. The summed E-state index contributed by atoms with van der Waals surface area (Å²) in [6.45, 7) is 0. The number of aromatic nitrogens is 2. The fourth-order valence-electron chi connectivity index (χ4n) is 2.79. The van der Waals surface area contributed by atoms with Crippen LogP contribution < -0.4 is 0 Å². The largest absolute Gasteiger partial charge is 0.242 e. The highest BCUT2D eigenvalue weighted by atomic mass is 35.5. The van der Waals surface area contributed by atoms with E-state index in [1.807, 2.05) is 91.0 Å². The van der Waals surface area contributed by atoms with Crippen molar-refractivity contribution < 1.29 is 0 Å². The van der Waals surface area contributed by atoms with Crippen LogP contribution in [0.25, 0.3) is 33.8 Å². The molecule has 3 heteroatoms. The third-order valence-corrected chi connectivity index (χ3v) is 4.26. The Balaban J connectivity index is 1.98. The first-order valence-electron chi connectivity index (χ1n) is 8.07. The van der Waals surface area contributed by atoms with E-state index in [-0.39, 0.29) is 0 Å². The van der Waals surface area contributed by atoms with Gasteiger partial charge in [-0.2, -0.15) is 0 Å². The molecule has 1 heterocycles. The maximum absolute atomic E-state index is 6.50. The number of hydrogen-bond donors (Lipinski definition) is 0. The minimum atomic E-state index is 0.407. The van der Waals surface area contributed by atoms with Gasteiger partial charge in [0.05, 0.1) is 11.4 Å². The first-order valence-corrected chi connectivity index (χ1v) is 8.44. The van der Waals surface area contributed by atoms with Gasteiger partial charge in [0.1, 0.15) is 5.69 Å². The Morgan fingerprint density at radius 2 is 0.800 bits per heavy atom. The number of nitrogens with zero attached hydrogens (tertiary/aromatic N) is 2. The molecule has 0 amide bonds. The summed E-state index contributed by atoms with van der Waals surface area (Å²) in [4.78, 5) is 9.59. The molecular formula is C22H15ClN2. The number of benzene rings is 3. The predicted molar refractivity (Wildman–Crippen MR) is 103 cm³/mol. The standard InChI is InChI=1S/C22H15ClN2/c23-22-21(18-14-8-3-9-15-18)24-19(16-10-4-1-5-11-16)20(25-22)17-12-6-2-7-13-17/h1-15H. The van der Waals surface area contributed by atoms with Crippen LogP contribution in [0.5, 0.6) is 0 Å². The van der Waals surface area contributed by atoms with Crippen LogP contribution in [0.1, 0.15) is 0 Å². The lowest BCUT2D eigenvalue weighted by Crippen LogP contribution is -1.97. The fourth-order valence-corrected chi connectivity index (χ4v) is 3.03. The van der Waals surface area contributed by atoms with Crippen molar-refractivity contribution in [1.29, 1.82) is 0 Å². The molecule has 1 aromatic heterocycles. The Labute approximate surface area is 151 Å². The summed E-state index contributed by atoms with van der Waals surface area (Å²) in [6, 6.07) is 30.0. The second kappa shape index (κ2) is 6.88. The van der Waals surface area contributed by atoms with Crippen molar-refractivity contribution in [2.24, 2.45) is 0 Å². The van der Waals surface area contributed by atoms with Crippen molar-refractivity contribution in [1.82, 2.24) is 9.97 Å². The summed E-state index contributed by atoms with van der Waals surface area (Å²) >= 11 is 6.50. The van der Waals surface area contributed by atoms with E-state index in [0.29, 0.717) is 10.8 Å². The first kappa shape index (κ1) is 15.6. The minimum absolute atomic E-state index is 0.407. The lowest BCUT2D eigenvalue weighted by Gasteiger charge is -2.12. The van der Waals surface area contributed by atoms with Gasteiger partial charge in [-0.05, 0) is 0 Å². The molecular weight excluding hydrogens is 328 g/mol. The van der Waals surface area contributed by atoms with E-state index >= 15 is 0 Å². The monoisotopic (exact) mass is 342 g/mol. The molecule has 0 bridgehead atoms. The summed E-state index contributed by atoms with van der Waals surface area (Å²) in [5, 5.41) is 0.407. The zero-order valence-electron chi connectivity index (χ0n) is 13.4. The molecule has 0 saturated heterocycles. The zero-order chi connectivity index (χ0) is 17.1. The molecule has 0 unspecified atom stereocenters. The highest BCUT2D eigenvalue weighted by Gasteiger charge is 2.16. The van der Waals surface area contributed by atoms with E-state index < -0.39 is 0 Å². The quantitative estimate of drug-likeness (QED) is 0.447. The summed E-state index contributed by atoms with van der Waals surface area (Å²) in [7, 11) is 0. The molecule has 0 atom stereocenters. The van der Waals surface area contributed by atoms with Crippen molar-refractivity contribution in [3.63, 3.8) is 0 Å². The predicted octanol–water partition coefficient (Wildman–Crippen LogP) is 6.13. The molecule has 25 heavy (non-hydrogen) atoms. The Morgan fingerprint density at radius 3 is 1.24 bits per heavy atom. The normalized spacial score (nSPS) is 10.6. The van der Waals surface area contributed by atoms with E-state index in [1.54, 1.807) is 0 Å². The molecule has 0 aliphatic rings. The van der Waals surface area contributed by atoms with E-state index in [1.165, 1.54) is 0 Å². The highest BCUT2D eigenvalue weighted by Crippen LogP contribution is 2.34. The van der Waals surface area contributed by atoms with Crippen LogP contribution in [0.15, 0.2) is 91.0 Å². The van der Waals surface area contributed by atoms with Crippen LogP contribution in [0, 0.1) is 0 Å². The fraction of sp³-hybridized carbons (Fsp3) is 0. The lowest BCUT2D eigenvalue weighted by molar-refractivity contribution is 1.21. The summed E-state index contributed by atoms with van der Waals surface area (Å²) in [5.74, 6) is 0. The van der Waals surface area contributed by atoms with Crippen molar-refractivity contribution >= 4 is 11.6 Å². The third kappa shape index (κ3) is 3.17. The van der Waals surface area contributed by atoms with E-state index in [2.05, 4.69) is 0 Å². The van der Waals surface area contributed by atoms with E-state index in [4.69, 9.17) is 21.6 Å². The summed E-state index contributed by atoms with van der Waals surface area (Å²) in [5.41, 5.74) is 5.28. The average molecular weight is 343 g/mol. The first-order chi connectivity index (χ1) is 12.3. The molecule has 3 aromatic carbocycles. The Bertz CT molecular complexity index is 984. The third-order valence-electron chi connectivity index (χ3n) is 3.99. The maximum Gasteiger partial charge on any atom is 0.156 e. The molecule has 2 nitrogen and oxygen atoms in total. The van der Waals surface area contributed by atoms with Crippen LogP contribution in [-0.2, 0) is 0 Å². The van der Waals surface area contributed by atoms with Gasteiger partial charge in [0.2, 0.25) is 0 Å². The number of halogens is 1. The molecule has 0 saturated carbocycles. The molecule has 4 rings (SSSR count). The van der Waals surface area contributed by atoms with Crippen molar-refractivity contribution in [2.45, 2.75) is 0 Å². The van der Waals surface area contributed by atoms with Gasteiger partial charge in [0.15, 0.2) is 5.15 Å². The highest BCUT2D eigenvalue weighted by molar-refractivity contribution is 6.32. The molecule has 0 aliphatic heterocycles. The molecule has 0 N–H and O–H groups in total. The molecule has 0 aliphatic carbocycles. The van der Waals surface area contributed by atoms with Gasteiger partial charge in [-0.1, -0.05) is 103 Å². The Morgan fingerprint density at radius 1 is 0.440 bits per heavy atom. The van der Waals surface area contributed by atoms with Gasteiger partial charge in [-0.3, -0.25) is 0 Å². The molecule has 120 valence electrons. The van der Waals surface area contributed by atoms with E-state index in [9.17, 15) is 0 Å². The second-order valence-corrected chi connectivity index (χ2v) is 6.02. The molecule has 0 fully saturated rings. The van der Waals surface area contributed by atoms with Crippen LogP contribution in [-0.4, -0.2) is 9.97 Å². The van der Waals surface area contributed by atoms with Crippen molar-refractivity contribution in [2.75, 3.05) is 0 Å². The molecule has 4 aromatic rings. The zero-order valence-corrected chi connectivity index (χ0v) is 14.2. The van der Waals surface area contributed by atoms with Gasteiger partial charge in [0.25, 0.3) is 0 Å². The topological polar surface area (TPSA) is 25.8 Å². The molecule has 0 radical (unpaired) electrons. The van der Waals surface area contributed by atoms with Crippen molar-refractivity contribution in [3.8, 4) is 33.8 Å². The van der Waals surface area contributed by atoms with Crippen LogP contribution >= 0.6 is 11.6 Å². The minimum Gasteiger partial charge on any atom is -0.242 e. The number of rotatable bonds is 3. The summed E-state index contributed by atoms with van der Waals surface area (Å²) < 4.78 is 0. The Kier molecular flexibility index (Phi) is 4.28. The maximum atomic E-state index is 6.50. The van der Waals surface area contributed by atoms with Gasteiger partial charge >= 0.3 is 0 Å². The molecule has 0 spiro atoms. The summed E-state index contributed by atoms with van der Waals surface area (Å²) in [6.07, 6.45) is 0. The lowest BCUT2D eigenvalue weighted by atomic mass is 10.0. The van der Waals surface area contributed by atoms with Gasteiger partial charge in [0, 0.05) is 16.7 Å². The average Bonchev–Trinajstić information content (AvgIpc) is 2.70. The van der Waals surface area contributed by atoms with Crippen LogP contribution in [0.3, 0.4) is 0 Å². The van der Waals surface area contributed by atoms with Crippen LogP contribution in [0.2, 0.25) is 5.15 Å². The second-order valence-electron chi connectivity index (χ2n) is 5.66. The Hall–Kier alpha value is -2.97. The number of hydrogen-bond acceptors (Lipinski definition) is 2. The smallest absolute Gasteiger partial charge is 0.156 e. The van der Waals surface area contributed by atoms with Gasteiger partial charge in [-0.15, -0.1) is 0 Å². The van der Waals surface area contributed by atoms with E-state index in [0.717, 1.165) is 28.1 Å².